The van der Waals surface area contributed by atoms with Gasteiger partial charge in [0.15, 0.2) is 0 Å². The summed E-state index contributed by atoms with van der Waals surface area (Å²) >= 11 is 2.24. The van der Waals surface area contributed by atoms with Gasteiger partial charge in [0.05, 0.1) is 0 Å². The van der Waals surface area contributed by atoms with Crippen LogP contribution in [0.25, 0.3) is 0 Å². The highest BCUT2D eigenvalue weighted by Crippen LogP contribution is 2.35. The summed E-state index contributed by atoms with van der Waals surface area (Å²) in [7, 11) is 2.26. The van der Waals surface area contributed by atoms with Crippen molar-refractivity contribution in [2.24, 2.45) is 0 Å². The molecule has 2 fully saturated rings. The first-order valence-electron chi connectivity index (χ1n) is 5.18. The number of rotatable bonds is 0. The molecule has 0 aromatic carbocycles. The molecule has 1 nitrogen and oxygen atoms in total. The molecule has 2 aliphatic heterocycles. The average Bonchev–Trinajstić information content (AvgIpc) is 2.07. The zero-order valence-corrected chi connectivity index (χ0v) is 9.36. The number of hydrogen-bond acceptors (Lipinski definition) is 2. The highest BCUT2D eigenvalue weighted by Gasteiger charge is 2.28. The maximum atomic E-state index is 2.49. The van der Waals surface area contributed by atoms with Crippen molar-refractivity contribution in [3.05, 3.63) is 0 Å². The van der Waals surface area contributed by atoms with Crippen LogP contribution in [0.3, 0.4) is 0 Å². The third kappa shape index (κ3) is 2.67. The van der Waals surface area contributed by atoms with Crippen molar-refractivity contribution < 1.29 is 0 Å². The summed E-state index contributed by atoms with van der Waals surface area (Å²) in [5.74, 6) is 0. The molecule has 0 spiro atoms. The Morgan fingerprint density at radius 3 is 2.08 bits per heavy atom. The van der Waals surface area contributed by atoms with Gasteiger partial charge in [0.2, 0.25) is 0 Å². The summed E-state index contributed by atoms with van der Waals surface area (Å²) < 4.78 is 0. The predicted octanol–water partition coefficient (Wildman–Crippen LogP) is 2.61. The van der Waals surface area contributed by atoms with Crippen molar-refractivity contribution in [1.82, 2.24) is 4.90 Å². The highest BCUT2D eigenvalue weighted by molar-refractivity contribution is 8.00. The van der Waals surface area contributed by atoms with Gasteiger partial charge in [-0.2, -0.15) is 11.8 Å². The number of fused-ring (bicyclic) bond motifs is 2. The van der Waals surface area contributed by atoms with E-state index < -0.39 is 0 Å². The number of thioether (sulfide) groups is 1. The van der Waals surface area contributed by atoms with Gasteiger partial charge in [-0.25, -0.2) is 0 Å². The van der Waals surface area contributed by atoms with E-state index in [2.05, 4.69) is 23.7 Å². The molecule has 0 aromatic rings. The van der Waals surface area contributed by atoms with Crippen molar-refractivity contribution >= 4 is 11.8 Å². The first-order valence-corrected chi connectivity index (χ1v) is 6.13. The molecule has 2 atom stereocenters. The SMILES string of the molecule is CC.CN1CC2CCCC(C1)S2. The fraction of sp³-hybridized carbons (Fsp3) is 1.00. The molecule has 2 heterocycles. The smallest absolute Gasteiger partial charge is 0.0178 e. The fourth-order valence-corrected chi connectivity index (χ4v) is 3.85. The summed E-state index contributed by atoms with van der Waals surface area (Å²) in [6.45, 7) is 6.67. The third-order valence-corrected chi connectivity index (χ3v) is 4.01. The van der Waals surface area contributed by atoms with Gasteiger partial charge in [-0.3, -0.25) is 0 Å². The monoisotopic (exact) mass is 187 g/mol. The summed E-state index contributed by atoms with van der Waals surface area (Å²) in [6, 6.07) is 0. The lowest BCUT2D eigenvalue weighted by Gasteiger charge is -2.39. The standard InChI is InChI=1S/C8H15NS.C2H6/c1-9-5-7-3-2-4-8(6-9)10-7;1-2/h7-8H,2-6H2,1H3;1-2H3. The van der Waals surface area contributed by atoms with Crippen LogP contribution in [0.5, 0.6) is 0 Å². The molecule has 2 bridgehead atoms. The molecule has 2 heteroatoms. The Morgan fingerprint density at radius 2 is 1.58 bits per heavy atom. The van der Waals surface area contributed by atoms with Gasteiger partial charge < -0.3 is 4.90 Å². The minimum Gasteiger partial charge on any atom is -0.304 e. The van der Waals surface area contributed by atoms with E-state index >= 15 is 0 Å². The summed E-state index contributed by atoms with van der Waals surface area (Å²) in [6.07, 6.45) is 4.41. The highest BCUT2D eigenvalue weighted by atomic mass is 32.2. The van der Waals surface area contributed by atoms with Crippen LogP contribution in [0.1, 0.15) is 33.1 Å². The van der Waals surface area contributed by atoms with E-state index in [4.69, 9.17) is 0 Å². The molecule has 72 valence electrons. The second-order valence-corrected chi connectivity index (χ2v) is 5.14. The second-order valence-electron chi connectivity index (χ2n) is 3.53. The molecule has 2 aliphatic rings. The third-order valence-electron chi connectivity index (χ3n) is 2.47. The zero-order chi connectivity index (χ0) is 8.97. The average molecular weight is 187 g/mol. The predicted molar refractivity (Wildman–Crippen MR) is 57.9 cm³/mol. The lowest BCUT2D eigenvalue weighted by Crippen LogP contribution is -2.42. The van der Waals surface area contributed by atoms with E-state index in [9.17, 15) is 0 Å². The second kappa shape index (κ2) is 5.13. The zero-order valence-electron chi connectivity index (χ0n) is 8.55. The normalized spacial score (nSPS) is 35.2. The van der Waals surface area contributed by atoms with Crippen LogP contribution in [-0.2, 0) is 0 Å². The lowest BCUT2D eigenvalue weighted by atomic mass is 10.1. The Balaban J connectivity index is 0.000000336. The lowest BCUT2D eigenvalue weighted by molar-refractivity contribution is 0.291. The van der Waals surface area contributed by atoms with Crippen LogP contribution in [0.15, 0.2) is 0 Å². The first-order chi connectivity index (χ1) is 5.84. The maximum Gasteiger partial charge on any atom is 0.0178 e. The molecule has 0 amide bonds. The van der Waals surface area contributed by atoms with Gasteiger partial charge in [-0.05, 0) is 19.9 Å². The van der Waals surface area contributed by atoms with Gasteiger partial charge >= 0.3 is 0 Å². The quantitative estimate of drug-likeness (QED) is 0.573. The molecule has 0 aliphatic carbocycles. The summed E-state index contributed by atoms with van der Waals surface area (Å²) in [5.41, 5.74) is 0. The van der Waals surface area contributed by atoms with Crippen molar-refractivity contribution in [2.45, 2.75) is 43.6 Å². The number of nitrogens with zero attached hydrogens (tertiary/aromatic N) is 1. The van der Waals surface area contributed by atoms with E-state index in [1.807, 2.05) is 13.8 Å². The minimum atomic E-state index is 0.970. The Kier molecular flexibility index (Phi) is 4.44. The van der Waals surface area contributed by atoms with Crippen LogP contribution in [0.4, 0.5) is 0 Å². The molecule has 0 N–H and O–H groups in total. The molecule has 0 aromatic heterocycles. The van der Waals surface area contributed by atoms with Gasteiger partial charge in [-0.1, -0.05) is 20.3 Å². The molecule has 2 unspecified atom stereocenters. The Morgan fingerprint density at radius 1 is 1.08 bits per heavy atom. The van der Waals surface area contributed by atoms with Crippen LogP contribution in [-0.4, -0.2) is 35.5 Å². The summed E-state index contributed by atoms with van der Waals surface area (Å²) in [4.78, 5) is 2.49. The molecular weight excluding hydrogens is 166 g/mol. The first kappa shape index (κ1) is 10.4. The molecule has 2 rings (SSSR count). The van der Waals surface area contributed by atoms with E-state index in [1.54, 1.807) is 0 Å². The minimum absolute atomic E-state index is 0.970. The largest absolute Gasteiger partial charge is 0.304 e. The van der Waals surface area contributed by atoms with Crippen LogP contribution in [0, 0.1) is 0 Å². The molecule has 0 radical (unpaired) electrons. The van der Waals surface area contributed by atoms with Crippen molar-refractivity contribution in [2.75, 3.05) is 20.1 Å². The van der Waals surface area contributed by atoms with Crippen molar-refractivity contribution in [3.8, 4) is 0 Å². The van der Waals surface area contributed by atoms with Gasteiger partial charge in [-0.15, -0.1) is 0 Å². The number of hydrogen-bond donors (Lipinski definition) is 0. The molecular formula is C10H21NS. The van der Waals surface area contributed by atoms with Crippen LogP contribution >= 0.6 is 11.8 Å². The van der Waals surface area contributed by atoms with E-state index in [1.165, 1.54) is 32.4 Å². The van der Waals surface area contributed by atoms with E-state index in [0.717, 1.165) is 10.5 Å². The van der Waals surface area contributed by atoms with E-state index in [0.29, 0.717) is 0 Å². The molecule has 2 saturated heterocycles. The van der Waals surface area contributed by atoms with Gasteiger partial charge in [0.25, 0.3) is 0 Å². The van der Waals surface area contributed by atoms with Crippen molar-refractivity contribution in [1.29, 1.82) is 0 Å². The Bertz CT molecular complexity index is 111. The van der Waals surface area contributed by atoms with Crippen LogP contribution in [0.2, 0.25) is 0 Å². The Hall–Kier alpha value is 0.310. The maximum absolute atomic E-state index is 2.49. The van der Waals surface area contributed by atoms with Gasteiger partial charge in [0, 0.05) is 23.6 Å². The van der Waals surface area contributed by atoms with Gasteiger partial charge in [0.1, 0.15) is 0 Å². The van der Waals surface area contributed by atoms with Crippen LogP contribution < -0.4 is 0 Å². The summed E-state index contributed by atoms with van der Waals surface area (Å²) in [5, 5.41) is 1.94. The van der Waals surface area contributed by atoms with E-state index in [-0.39, 0.29) is 0 Å². The number of likely N-dealkylation sites (tertiary alicyclic amines) is 1. The Labute approximate surface area is 80.9 Å². The topological polar surface area (TPSA) is 3.24 Å². The molecule has 12 heavy (non-hydrogen) atoms. The van der Waals surface area contributed by atoms with Crippen molar-refractivity contribution in [3.63, 3.8) is 0 Å². The fourth-order valence-electron chi connectivity index (χ4n) is 2.02. The molecule has 0 saturated carbocycles.